The molecule has 0 spiro atoms. The molecule has 1 fully saturated rings. The lowest BCUT2D eigenvalue weighted by molar-refractivity contribution is -0.145. The van der Waals surface area contributed by atoms with Crippen LogP contribution in [0.15, 0.2) is 18.2 Å². The number of alkyl carbamates (subject to hydrolysis) is 1. The van der Waals surface area contributed by atoms with Crippen molar-refractivity contribution in [3.8, 4) is 5.75 Å². The molecule has 0 heterocycles. The number of rotatable bonds is 10. The van der Waals surface area contributed by atoms with E-state index in [1.165, 1.54) is 0 Å². The van der Waals surface area contributed by atoms with Crippen LogP contribution in [0.2, 0.25) is 0 Å². The summed E-state index contributed by atoms with van der Waals surface area (Å²) in [5.74, 6) is 0.182. The van der Waals surface area contributed by atoms with Gasteiger partial charge in [0.05, 0.1) is 0 Å². The van der Waals surface area contributed by atoms with E-state index in [2.05, 4.69) is 10.6 Å². The third kappa shape index (κ3) is 9.43. The first-order valence-electron chi connectivity index (χ1n) is 13.2. The van der Waals surface area contributed by atoms with Crippen LogP contribution in [0.1, 0.15) is 90.3 Å². The van der Waals surface area contributed by atoms with E-state index in [-0.39, 0.29) is 29.6 Å². The molecule has 8 nitrogen and oxygen atoms in total. The molecule has 1 aromatic carbocycles. The van der Waals surface area contributed by atoms with E-state index in [0.29, 0.717) is 23.3 Å². The quantitative estimate of drug-likeness (QED) is 0.386. The fourth-order valence-corrected chi connectivity index (χ4v) is 5.09. The zero-order chi connectivity index (χ0) is 27.8. The molecule has 2 atom stereocenters. The van der Waals surface area contributed by atoms with Gasteiger partial charge in [-0.05, 0) is 96.1 Å². The van der Waals surface area contributed by atoms with Gasteiger partial charge >= 0.3 is 6.09 Å². The van der Waals surface area contributed by atoms with Gasteiger partial charge in [-0.25, -0.2) is 4.79 Å². The normalized spacial score (nSPS) is 16.1. The lowest BCUT2D eigenvalue weighted by Crippen LogP contribution is -2.56. The van der Waals surface area contributed by atoms with Crippen molar-refractivity contribution < 1.29 is 24.2 Å². The average molecular weight is 536 g/mol. The van der Waals surface area contributed by atoms with Gasteiger partial charge in [0.15, 0.2) is 0 Å². The topological polar surface area (TPSA) is 108 Å². The van der Waals surface area contributed by atoms with Crippen LogP contribution < -0.4 is 10.6 Å². The van der Waals surface area contributed by atoms with Gasteiger partial charge in [-0.1, -0.05) is 25.3 Å². The van der Waals surface area contributed by atoms with E-state index in [0.717, 1.165) is 32.1 Å². The van der Waals surface area contributed by atoms with E-state index < -0.39 is 23.8 Å². The molecule has 1 saturated carbocycles. The van der Waals surface area contributed by atoms with Gasteiger partial charge in [-0.15, -0.1) is 0 Å². The minimum atomic E-state index is -0.911. The highest BCUT2D eigenvalue weighted by atomic mass is 32.2. The number of nitrogens with zero attached hydrogens (tertiary/aromatic N) is 1. The molecule has 2 rings (SSSR count). The Morgan fingerprint density at radius 3 is 2.35 bits per heavy atom. The van der Waals surface area contributed by atoms with Crippen molar-refractivity contribution in [3.05, 3.63) is 29.3 Å². The molecular weight excluding hydrogens is 490 g/mol. The summed E-state index contributed by atoms with van der Waals surface area (Å²) in [6, 6.07) is 2.96. The minimum absolute atomic E-state index is 0.0678. The largest absolute Gasteiger partial charge is 0.508 e. The number of hydrogen-bond donors (Lipinski definition) is 3. The van der Waals surface area contributed by atoms with Gasteiger partial charge in [0.25, 0.3) is 0 Å². The first-order chi connectivity index (χ1) is 17.3. The van der Waals surface area contributed by atoms with E-state index in [1.807, 2.05) is 20.1 Å². The standard InChI is InChI=1S/C28H45N3O5S/c1-18(2)31(26(34)22(15-16-37-7)30-27(35)36-28(4,5)6)24(20-13-14-23(32)19(3)17-20)25(33)29-21-11-9-8-10-12-21/h13-14,17-18,21-22,24,32H,8-12,15-16H2,1-7H3,(H,29,33)(H,30,35). The lowest BCUT2D eigenvalue weighted by atomic mass is 9.94. The number of aryl methyl sites for hydroxylation is 1. The first kappa shape index (κ1) is 30.8. The molecule has 0 saturated heterocycles. The second-order valence-corrected chi connectivity index (χ2v) is 12.1. The zero-order valence-corrected chi connectivity index (χ0v) is 24.2. The van der Waals surface area contributed by atoms with Crippen molar-refractivity contribution in [1.29, 1.82) is 0 Å². The second kappa shape index (κ2) is 13.9. The number of aromatic hydroxyl groups is 1. The predicted octanol–water partition coefficient (Wildman–Crippen LogP) is 5.07. The second-order valence-electron chi connectivity index (χ2n) is 11.1. The first-order valence-corrected chi connectivity index (χ1v) is 14.6. The molecule has 0 aliphatic heterocycles. The molecule has 0 radical (unpaired) electrons. The van der Waals surface area contributed by atoms with Crippen molar-refractivity contribution in [3.63, 3.8) is 0 Å². The summed E-state index contributed by atoms with van der Waals surface area (Å²) in [7, 11) is 0. The Morgan fingerprint density at radius 1 is 1.16 bits per heavy atom. The summed E-state index contributed by atoms with van der Waals surface area (Å²) in [6.07, 6.45) is 6.80. The molecule has 2 unspecified atom stereocenters. The average Bonchev–Trinajstić information content (AvgIpc) is 2.80. The number of hydrogen-bond acceptors (Lipinski definition) is 6. The fraction of sp³-hybridized carbons (Fsp3) is 0.679. The molecule has 3 N–H and O–H groups in total. The monoisotopic (exact) mass is 535 g/mol. The summed E-state index contributed by atoms with van der Waals surface area (Å²) in [4.78, 5) is 42.1. The maximum absolute atomic E-state index is 14.1. The van der Waals surface area contributed by atoms with Gasteiger partial charge in [0.1, 0.15) is 23.4 Å². The zero-order valence-electron chi connectivity index (χ0n) is 23.4. The Labute approximate surface area is 226 Å². The summed E-state index contributed by atoms with van der Waals surface area (Å²) in [5, 5.41) is 16.1. The SMILES string of the molecule is CSCCC(NC(=O)OC(C)(C)C)C(=O)N(C(C)C)C(C(=O)NC1CCCCC1)c1ccc(O)c(C)c1. The molecule has 37 heavy (non-hydrogen) atoms. The Kier molecular flexibility index (Phi) is 11.6. The fourth-order valence-electron chi connectivity index (χ4n) is 4.62. The highest BCUT2D eigenvalue weighted by molar-refractivity contribution is 7.98. The van der Waals surface area contributed by atoms with Crippen LogP contribution >= 0.6 is 11.8 Å². The van der Waals surface area contributed by atoms with E-state index >= 15 is 0 Å². The third-order valence-electron chi connectivity index (χ3n) is 6.43. The summed E-state index contributed by atoms with van der Waals surface area (Å²) < 4.78 is 5.43. The predicted molar refractivity (Wildman–Crippen MR) is 149 cm³/mol. The number of thioether (sulfide) groups is 1. The lowest BCUT2D eigenvalue weighted by Gasteiger charge is -2.38. The van der Waals surface area contributed by atoms with Crippen molar-refractivity contribution in [2.45, 2.75) is 110 Å². The maximum Gasteiger partial charge on any atom is 0.408 e. The summed E-state index contributed by atoms with van der Waals surface area (Å²) in [6.45, 7) is 10.8. The number of carbonyl (C=O) groups is 3. The van der Waals surface area contributed by atoms with Gasteiger partial charge in [0.2, 0.25) is 11.8 Å². The Balaban J connectivity index is 2.45. The van der Waals surface area contributed by atoms with E-state index in [9.17, 15) is 19.5 Å². The van der Waals surface area contributed by atoms with Gasteiger partial charge in [-0.2, -0.15) is 11.8 Å². The van der Waals surface area contributed by atoms with Gasteiger partial charge in [0, 0.05) is 12.1 Å². The van der Waals surface area contributed by atoms with Crippen LogP contribution in [0, 0.1) is 6.92 Å². The molecular formula is C28H45N3O5S. The van der Waals surface area contributed by atoms with Crippen molar-refractivity contribution in [2.24, 2.45) is 0 Å². The van der Waals surface area contributed by atoms with Gasteiger partial charge in [-0.3, -0.25) is 9.59 Å². The van der Waals surface area contributed by atoms with E-state index in [1.54, 1.807) is 62.6 Å². The molecule has 0 aromatic heterocycles. The number of benzene rings is 1. The smallest absolute Gasteiger partial charge is 0.408 e. The number of phenolic OH excluding ortho intramolecular Hbond substituents is 1. The van der Waals surface area contributed by atoms with Crippen LogP contribution in [0.4, 0.5) is 4.79 Å². The highest BCUT2D eigenvalue weighted by Crippen LogP contribution is 2.30. The molecule has 1 aromatic rings. The van der Waals surface area contributed by atoms with Crippen LogP contribution in [0.5, 0.6) is 5.75 Å². The van der Waals surface area contributed by atoms with Crippen LogP contribution in [0.25, 0.3) is 0 Å². The molecule has 1 aliphatic rings. The summed E-state index contributed by atoms with van der Waals surface area (Å²) >= 11 is 1.58. The Hall–Kier alpha value is -2.42. The highest BCUT2D eigenvalue weighted by Gasteiger charge is 2.38. The van der Waals surface area contributed by atoms with Crippen molar-refractivity contribution >= 4 is 29.7 Å². The van der Waals surface area contributed by atoms with Crippen LogP contribution in [0.3, 0.4) is 0 Å². The van der Waals surface area contributed by atoms with Crippen LogP contribution in [-0.2, 0) is 14.3 Å². The van der Waals surface area contributed by atoms with Crippen molar-refractivity contribution in [1.82, 2.24) is 15.5 Å². The number of amides is 3. The molecule has 1 aliphatic carbocycles. The Bertz CT molecular complexity index is 925. The van der Waals surface area contributed by atoms with E-state index in [4.69, 9.17) is 4.74 Å². The van der Waals surface area contributed by atoms with Crippen molar-refractivity contribution in [2.75, 3.05) is 12.0 Å². The molecule has 208 valence electrons. The maximum atomic E-state index is 14.1. The third-order valence-corrected chi connectivity index (χ3v) is 7.07. The minimum Gasteiger partial charge on any atom is -0.508 e. The molecule has 0 bridgehead atoms. The number of nitrogens with one attached hydrogen (secondary N) is 2. The summed E-state index contributed by atoms with van der Waals surface area (Å²) in [5.41, 5.74) is 0.530. The molecule has 3 amide bonds. The molecule has 9 heteroatoms. The van der Waals surface area contributed by atoms with Crippen LogP contribution in [-0.4, -0.2) is 63.6 Å². The number of ether oxygens (including phenoxy) is 1. The number of phenols is 1. The Morgan fingerprint density at radius 2 is 1.81 bits per heavy atom. The number of carbonyl (C=O) groups excluding carboxylic acids is 3. The van der Waals surface area contributed by atoms with Gasteiger partial charge < -0.3 is 25.4 Å².